The van der Waals surface area contributed by atoms with Gasteiger partial charge < -0.3 is 15.2 Å². The average Bonchev–Trinajstić information content (AvgIpc) is 3.01. The van der Waals surface area contributed by atoms with E-state index >= 15 is 0 Å². The van der Waals surface area contributed by atoms with Crippen LogP contribution in [-0.2, 0) is 9.53 Å². The second-order valence-corrected chi connectivity index (χ2v) is 6.60. The van der Waals surface area contributed by atoms with Gasteiger partial charge in [0.2, 0.25) is 0 Å². The van der Waals surface area contributed by atoms with E-state index < -0.39 is 12.0 Å². The van der Waals surface area contributed by atoms with Crippen LogP contribution in [-0.4, -0.2) is 58.4 Å². The van der Waals surface area contributed by atoms with Crippen LogP contribution in [0.25, 0.3) is 0 Å². The molecule has 6 nitrogen and oxygen atoms in total. The van der Waals surface area contributed by atoms with Gasteiger partial charge in [-0.2, -0.15) is 0 Å². The molecule has 0 radical (unpaired) electrons. The molecule has 114 valence electrons. The quantitative estimate of drug-likeness (QED) is 0.820. The first kappa shape index (κ1) is 15.4. The van der Waals surface area contributed by atoms with Crippen LogP contribution in [0.15, 0.2) is 0 Å². The summed E-state index contributed by atoms with van der Waals surface area (Å²) in [5.74, 6) is -0.154. The van der Waals surface area contributed by atoms with E-state index in [1.807, 2.05) is 6.92 Å². The summed E-state index contributed by atoms with van der Waals surface area (Å²) in [7, 11) is 0. The van der Waals surface area contributed by atoms with Gasteiger partial charge in [-0.15, -0.1) is 11.8 Å². The molecule has 0 saturated carbocycles. The van der Waals surface area contributed by atoms with Gasteiger partial charge in [-0.1, -0.05) is 6.92 Å². The highest BCUT2D eigenvalue weighted by Crippen LogP contribution is 2.29. The molecule has 2 aliphatic rings. The molecule has 2 amide bonds. The fraction of sp³-hybridized carbons (Fsp3) is 0.846. The Labute approximate surface area is 123 Å². The predicted octanol–water partition coefficient (Wildman–Crippen LogP) is 1.36. The molecule has 7 heteroatoms. The zero-order chi connectivity index (χ0) is 14.7. The van der Waals surface area contributed by atoms with E-state index in [-0.39, 0.29) is 17.5 Å². The largest absolute Gasteiger partial charge is 0.480 e. The van der Waals surface area contributed by atoms with Crippen molar-refractivity contribution in [3.63, 3.8) is 0 Å². The Morgan fingerprint density at radius 1 is 1.50 bits per heavy atom. The van der Waals surface area contributed by atoms with Crippen LogP contribution in [0.2, 0.25) is 0 Å². The van der Waals surface area contributed by atoms with Crippen LogP contribution in [0.3, 0.4) is 0 Å². The fourth-order valence-electron chi connectivity index (χ4n) is 2.83. The molecular formula is C13H22N2O4S. The molecule has 2 N–H and O–H groups in total. The van der Waals surface area contributed by atoms with Gasteiger partial charge in [-0.3, -0.25) is 4.90 Å². The highest BCUT2D eigenvalue weighted by atomic mass is 32.2. The first-order valence-corrected chi connectivity index (χ1v) is 8.11. The molecule has 0 aliphatic carbocycles. The van der Waals surface area contributed by atoms with E-state index in [2.05, 4.69) is 12.2 Å². The van der Waals surface area contributed by atoms with E-state index in [1.54, 1.807) is 0 Å². The maximum atomic E-state index is 12.2. The van der Waals surface area contributed by atoms with Gasteiger partial charge in [0.15, 0.2) is 0 Å². The molecule has 4 atom stereocenters. The van der Waals surface area contributed by atoms with Gasteiger partial charge in [0, 0.05) is 24.8 Å². The lowest BCUT2D eigenvalue weighted by atomic mass is 10.00. The number of ether oxygens (including phenoxy) is 1. The Hall–Kier alpha value is -0.950. The first-order chi connectivity index (χ1) is 9.54. The minimum atomic E-state index is -0.937. The number of hydrogen-bond acceptors (Lipinski definition) is 4. The monoisotopic (exact) mass is 302 g/mol. The summed E-state index contributed by atoms with van der Waals surface area (Å²) in [4.78, 5) is 24.8. The van der Waals surface area contributed by atoms with Crippen molar-refractivity contribution in [3.8, 4) is 0 Å². The van der Waals surface area contributed by atoms with Crippen molar-refractivity contribution in [1.82, 2.24) is 10.2 Å². The van der Waals surface area contributed by atoms with E-state index in [1.165, 1.54) is 16.7 Å². The third-order valence-electron chi connectivity index (χ3n) is 4.01. The van der Waals surface area contributed by atoms with Crippen LogP contribution in [0.5, 0.6) is 0 Å². The Kier molecular flexibility index (Phi) is 5.15. The lowest BCUT2D eigenvalue weighted by Crippen LogP contribution is -2.50. The number of carbonyl (C=O) groups is 2. The number of hydrogen-bond donors (Lipinski definition) is 2. The second-order valence-electron chi connectivity index (χ2n) is 5.25. The lowest BCUT2D eigenvalue weighted by molar-refractivity contribution is -0.141. The number of carboxylic acid groups (broad SMARTS) is 1. The molecule has 2 saturated heterocycles. The van der Waals surface area contributed by atoms with Gasteiger partial charge in [0.1, 0.15) is 6.04 Å². The van der Waals surface area contributed by atoms with Gasteiger partial charge in [-0.25, -0.2) is 9.59 Å². The number of urea groups is 1. The minimum absolute atomic E-state index is 0.0992. The molecule has 2 fully saturated rings. The summed E-state index contributed by atoms with van der Waals surface area (Å²) in [6, 6.07) is -1.01. The van der Waals surface area contributed by atoms with Crippen LogP contribution in [0, 0.1) is 5.92 Å². The third-order valence-corrected chi connectivity index (χ3v) is 5.22. The SMILES string of the molecule is CCC1OCCC1CNC(=O)N1C(C)SCC1C(=O)O. The summed E-state index contributed by atoms with van der Waals surface area (Å²) in [6.07, 6.45) is 2.09. The summed E-state index contributed by atoms with van der Waals surface area (Å²) in [6.45, 7) is 5.23. The highest BCUT2D eigenvalue weighted by Gasteiger charge is 2.39. The van der Waals surface area contributed by atoms with Gasteiger partial charge in [-0.05, 0) is 19.8 Å². The van der Waals surface area contributed by atoms with Crippen molar-refractivity contribution in [2.75, 3.05) is 18.9 Å². The Balaban J connectivity index is 1.89. The average molecular weight is 302 g/mol. The van der Waals surface area contributed by atoms with Crippen LogP contribution < -0.4 is 5.32 Å². The molecule has 0 aromatic rings. The summed E-state index contributed by atoms with van der Waals surface area (Å²) < 4.78 is 5.59. The molecule has 4 unspecified atom stereocenters. The molecule has 0 spiro atoms. The number of nitrogens with one attached hydrogen (secondary N) is 1. The number of rotatable bonds is 4. The number of nitrogens with zero attached hydrogens (tertiary/aromatic N) is 1. The minimum Gasteiger partial charge on any atom is -0.480 e. The van der Waals surface area contributed by atoms with Crippen molar-refractivity contribution in [2.24, 2.45) is 5.92 Å². The van der Waals surface area contributed by atoms with Crippen molar-refractivity contribution in [2.45, 2.75) is 44.2 Å². The Morgan fingerprint density at radius 2 is 2.25 bits per heavy atom. The van der Waals surface area contributed by atoms with Crippen molar-refractivity contribution >= 4 is 23.8 Å². The maximum absolute atomic E-state index is 12.2. The molecule has 2 aliphatic heterocycles. The Morgan fingerprint density at radius 3 is 2.90 bits per heavy atom. The normalized spacial score (nSPS) is 33.4. The van der Waals surface area contributed by atoms with Crippen molar-refractivity contribution in [1.29, 1.82) is 0 Å². The van der Waals surface area contributed by atoms with Crippen LogP contribution in [0.4, 0.5) is 4.79 Å². The maximum Gasteiger partial charge on any atom is 0.327 e. The van der Waals surface area contributed by atoms with Crippen molar-refractivity contribution in [3.05, 3.63) is 0 Å². The Bertz CT molecular complexity index is 379. The third kappa shape index (κ3) is 3.20. The topological polar surface area (TPSA) is 78.9 Å². The second kappa shape index (κ2) is 6.67. The predicted molar refractivity (Wildman–Crippen MR) is 76.7 cm³/mol. The number of amides is 2. The van der Waals surface area contributed by atoms with Crippen LogP contribution in [0.1, 0.15) is 26.7 Å². The molecule has 2 heterocycles. The highest BCUT2D eigenvalue weighted by molar-refractivity contribution is 8.00. The van der Waals surface area contributed by atoms with E-state index in [4.69, 9.17) is 9.84 Å². The molecule has 0 aromatic heterocycles. The van der Waals surface area contributed by atoms with E-state index in [9.17, 15) is 9.59 Å². The van der Waals surface area contributed by atoms with Gasteiger partial charge in [0.25, 0.3) is 0 Å². The zero-order valence-corrected chi connectivity index (χ0v) is 12.7. The fourth-order valence-corrected chi connectivity index (χ4v) is 4.00. The number of aliphatic carboxylic acids is 1. The standard InChI is InChI=1S/C13H22N2O4S/c1-3-11-9(4-5-19-11)6-14-13(18)15-8(2)20-7-10(15)12(16)17/h8-11H,3-7H2,1-2H3,(H,14,18)(H,16,17). The van der Waals surface area contributed by atoms with E-state index in [0.29, 0.717) is 18.2 Å². The number of thioether (sulfide) groups is 1. The van der Waals surface area contributed by atoms with Gasteiger partial charge in [0.05, 0.1) is 11.5 Å². The smallest absolute Gasteiger partial charge is 0.327 e. The molecule has 0 bridgehead atoms. The molecule has 20 heavy (non-hydrogen) atoms. The summed E-state index contributed by atoms with van der Waals surface area (Å²) in [5.41, 5.74) is 0. The number of carboxylic acids is 1. The molecule has 0 aromatic carbocycles. The number of carbonyl (C=O) groups excluding carboxylic acids is 1. The van der Waals surface area contributed by atoms with Gasteiger partial charge >= 0.3 is 12.0 Å². The summed E-state index contributed by atoms with van der Waals surface area (Å²) in [5, 5.41) is 11.9. The van der Waals surface area contributed by atoms with E-state index in [0.717, 1.165) is 19.4 Å². The zero-order valence-electron chi connectivity index (χ0n) is 11.9. The summed E-state index contributed by atoms with van der Waals surface area (Å²) >= 11 is 1.49. The first-order valence-electron chi connectivity index (χ1n) is 7.06. The van der Waals surface area contributed by atoms with Crippen molar-refractivity contribution < 1.29 is 19.4 Å². The molecule has 2 rings (SSSR count). The van der Waals surface area contributed by atoms with Crippen LogP contribution >= 0.6 is 11.8 Å². The molecular weight excluding hydrogens is 280 g/mol. The lowest BCUT2D eigenvalue weighted by Gasteiger charge is -2.26.